The van der Waals surface area contributed by atoms with Crippen molar-refractivity contribution in [3.05, 3.63) is 34.9 Å². The maximum absolute atomic E-state index is 13.0. The lowest BCUT2D eigenvalue weighted by Gasteiger charge is -1.95. The summed E-state index contributed by atoms with van der Waals surface area (Å²) in [6, 6.07) is 1.23. The van der Waals surface area contributed by atoms with Crippen molar-refractivity contribution in [1.29, 1.82) is 0 Å². The van der Waals surface area contributed by atoms with Gasteiger partial charge in [0.1, 0.15) is 5.82 Å². The molecule has 1 aromatic rings. The molecule has 1 aromatic heterocycles. The van der Waals surface area contributed by atoms with Gasteiger partial charge in [-0.1, -0.05) is 17.7 Å². The van der Waals surface area contributed by atoms with Crippen LogP contribution in [0.5, 0.6) is 0 Å². The average Bonchev–Trinajstić information content (AvgIpc) is 2.09. The van der Waals surface area contributed by atoms with Crippen molar-refractivity contribution in [2.75, 3.05) is 5.88 Å². The summed E-state index contributed by atoms with van der Waals surface area (Å²) in [6.07, 6.45) is 5.47. The molecule has 0 atom stereocenters. The van der Waals surface area contributed by atoms with Crippen LogP contribution in [0.1, 0.15) is 12.1 Å². The third-order valence-electron chi connectivity index (χ3n) is 1.39. The highest BCUT2D eigenvalue weighted by molar-refractivity contribution is 6.30. The Morgan fingerprint density at radius 2 is 2.31 bits per heavy atom. The molecule has 13 heavy (non-hydrogen) atoms. The predicted molar refractivity (Wildman–Crippen MR) is 53.6 cm³/mol. The molecule has 0 saturated carbocycles. The van der Waals surface area contributed by atoms with Crippen molar-refractivity contribution in [3.8, 4) is 0 Å². The zero-order chi connectivity index (χ0) is 9.68. The molecular weight excluding hydrogens is 212 g/mol. The number of alkyl halides is 1. The monoisotopic (exact) mass is 219 g/mol. The van der Waals surface area contributed by atoms with Crippen molar-refractivity contribution in [3.63, 3.8) is 0 Å². The molecule has 0 radical (unpaired) electrons. The molecule has 0 fully saturated rings. The maximum atomic E-state index is 13.0. The first-order valence-electron chi connectivity index (χ1n) is 3.77. The summed E-state index contributed by atoms with van der Waals surface area (Å²) in [5.41, 5.74) is 0.287. The highest BCUT2D eigenvalue weighted by Gasteiger charge is 1.99. The van der Waals surface area contributed by atoms with Crippen LogP contribution in [0.3, 0.4) is 0 Å². The Morgan fingerprint density at radius 3 is 2.92 bits per heavy atom. The molecule has 1 rings (SSSR count). The Morgan fingerprint density at radius 1 is 1.54 bits per heavy atom. The van der Waals surface area contributed by atoms with E-state index in [9.17, 15) is 4.39 Å². The largest absolute Gasteiger partial charge is 0.252 e. The number of rotatable bonds is 3. The maximum Gasteiger partial charge on any atom is 0.150 e. The highest BCUT2D eigenvalue weighted by atomic mass is 35.5. The second-order valence-corrected chi connectivity index (χ2v) is 3.22. The zero-order valence-electron chi connectivity index (χ0n) is 6.80. The lowest BCUT2D eigenvalue weighted by molar-refractivity contribution is 0.618. The first-order chi connectivity index (χ1) is 6.24. The number of hydrogen-bond acceptors (Lipinski definition) is 1. The summed E-state index contributed by atoms with van der Waals surface area (Å²) in [5.74, 6) is 0.101. The van der Waals surface area contributed by atoms with Gasteiger partial charge in [-0.25, -0.2) is 4.39 Å². The first kappa shape index (κ1) is 10.5. The molecule has 1 nitrogen and oxygen atoms in total. The minimum Gasteiger partial charge on any atom is -0.252 e. The molecule has 0 aliphatic rings. The molecule has 0 amide bonds. The lowest BCUT2D eigenvalue weighted by atomic mass is 10.3. The Kier molecular flexibility index (Phi) is 4.19. The van der Waals surface area contributed by atoms with E-state index in [1.807, 2.05) is 0 Å². The van der Waals surface area contributed by atoms with Crippen LogP contribution in [-0.2, 0) is 0 Å². The molecule has 1 heterocycles. The SMILES string of the molecule is Fc1cc(Cl)cnc1C=CCCCl. The summed E-state index contributed by atoms with van der Waals surface area (Å²) in [4.78, 5) is 3.81. The second kappa shape index (κ2) is 5.20. The Balaban J connectivity index is 2.77. The van der Waals surface area contributed by atoms with E-state index in [0.717, 1.165) is 0 Å². The van der Waals surface area contributed by atoms with Crippen molar-refractivity contribution < 1.29 is 4.39 Å². The Bertz CT molecular complexity index is 312. The average molecular weight is 220 g/mol. The van der Waals surface area contributed by atoms with Gasteiger partial charge in [-0.2, -0.15) is 0 Å². The molecule has 0 aliphatic carbocycles. The molecule has 0 bridgehead atoms. The van der Waals surface area contributed by atoms with Gasteiger partial charge in [0.2, 0.25) is 0 Å². The molecule has 0 unspecified atom stereocenters. The predicted octanol–water partition coefficient (Wildman–Crippen LogP) is 3.52. The normalized spacial score (nSPS) is 11.0. The van der Waals surface area contributed by atoms with Crippen LogP contribution in [0.2, 0.25) is 5.02 Å². The van der Waals surface area contributed by atoms with Crippen LogP contribution >= 0.6 is 23.2 Å². The standard InChI is InChI=1S/C9H8Cl2FN/c10-4-2-1-3-9-8(12)5-7(11)6-13-9/h1,3,5-6H,2,4H2. The summed E-state index contributed by atoms with van der Waals surface area (Å²) in [7, 11) is 0. The van der Waals surface area contributed by atoms with Crippen LogP contribution in [0, 0.1) is 5.82 Å². The Hall–Kier alpha value is -0.600. The van der Waals surface area contributed by atoms with Gasteiger partial charge in [-0.05, 0) is 18.6 Å². The number of hydrogen-bond donors (Lipinski definition) is 0. The van der Waals surface area contributed by atoms with Crippen LogP contribution < -0.4 is 0 Å². The Labute approximate surface area is 86.2 Å². The molecule has 0 saturated heterocycles. The van der Waals surface area contributed by atoms with Gasteiger partial charge in [0.25, 0.3) is 0 Å². The number of allylic oxidation sites excluding steroid dienone is 1. The zero-order valence-corrected chi connectivity index (χ0v) is 8.32. The van der Waals surface area contributed by atoms with E-state index in [0.29, 0.717) is 17.3 Å². The first-order valence-corrected chi connectivity index (χ1v) is 4.69. The van der Waals surface area contributed by atoms with E-state index in [4.69, 9.17) is 23.2 Å². The minimum absolute atomic E-state index is 0.287. The van der Waals surface area contributed by atoms with E-state index in [1.54, 1.807) is 12.2 Å². The fraction of sp³-hybridized carbons (Fsp3) is 0.222. The highest BCUT2D eigenvalue weighted by Crippen LogP contribution is 2.12. The summed E-state index contributed by atoms with van der Waals surface area (Å²) < 4.78 is 13.0. The van der Waals surface area contributed by atoms with E-state index in [1.165, 1.54) is 12.3 Å². The van der Waals surface area contributed by atoms with E-state index < -0.39 is 5.82 Å². The molecule has 4 heteroatoms. The molecular formula is C9H8Cl2FN. The minimum atomic E-state index is -0.418. The number of aromatic nitrogens is 1. The third-order valence-corrected chi connectivity index (χ3v) is 1.81. The number of nitrogens with zero attached hydrogens (tertiary/aromatic N) is 1. The topological polar surface area (TPSA) is 12.9 Å². The summed E-state index contributed by atoms with van der Waals surface area (Å²) in [5, 5.41) is 0.298. The quantitative estimate of drug-likeness (QED) is 0.710. The van der Waals surface area contributed by atoms with E-state index in [2.05, 4.69) is 4.98 Å². The van der Waals surface area contributed by atoms with Gasteiger partial charge in [-0.3, -0.25) is 4.98 Å². The van der Waals surface area contributed by atoms with Gasteiger partial charge < -0.3 is 0 Å². The summed E-state index contributed by atoms with van der Waals surface area (Å²) in [6.45, 7) is 0. The molecule has 0 spiro atoms. The van der Waals surface area contributed by atoms with Crippen molar-refractivity contribution in [2.45, 2.75) is 6.42 Å². The smallest absolute Gasteiger partial charge is 0.150 e. The van der Waals surface area contributed by atoms with Crippen molar-refractivity contribution in [2.24, 2.45) is 0 Å². The van der Waals surface area contributed by atoms with Crippen LogP contribution in [0.15, 0.2) is 18.3 Å². The van der Waals surface area contributed by atoms with E-state index in [-0.39, 0.29) is 5.69 Å². The fourth-order valence-electron chi connectivity index (χ4n) is 0.806. The third kappa shape index (κ3) is 3.33. The molecule has 0 aliphatic heterocycles. The van der Waals surface area contributed by atoms with Crippen molar-refractivity contribution >= 4 is 29.3 Å². The number of halogens is 3. The summed E-state index contributed by atoms with van der Waals surface area (Å²) >= 11 is 11.0. The van der Waals surface area contributed by atoms with Crippen molar-refractivity contribution in [1.82, 2.24) is 4.98 Å². The van der Waals surface area contributed by atoms with Crippen LogP contribution in [-0.4, -0.2) is 10.9 Å². The van der Waals surface area contributed by atoms with Gasteiger partial charge in [0, 0.05) is 12.1 Å². The number of pyridine rings is 1. The molecule has 0 N–H and O–H groups in total. The second-order valence-electron chi connectivity index (χ2n) is 2.40. The van der Waals surface area contributed by atoms with Crippen LogP contribution in [0.25, 0.3) is 6.08 Å². The van der Waals surface area contributed by atoms with E-state index >= 15 is 0 Å². The van der Waals surface area contributed by atoms with Gasteiger partial charge in [0.15, 0.2) is 0 Å². The molecule has 70 valence electrons. The molecule has 0 aromatic carbocycles. The van der Waals surface area contributed by atoms with Gasteiger partial charge >= 0.3 is 0 Å². The lowest BCUT2D eigenvalue weighted by Crippen LogP contribution is -1.86. The fourth-order valence-corrected chi connectivity index (χ4v) is 1.08. The van der Waals surface area contributed by atoms with Crippen LogP contribution in [0.4, 0.5) is 4.39 Å². The van der Waals surface area contributed by atoms with Gasteiger partial charge in [0.05, 0.1) is 10.7 Å². The van der Waals surface area contributed by atoms with Gasteiger partial charge in [-0.15, -0.1) is 11.6 Å².